The Labute approximate surface area is 137 Å². The van der Waals surface area contributed by atoms with Crippen LogP contribution in [-0.4, -0.2) is 14.2 Å². The average Bonchev–Trinajstić information content (AvgIpc) is 2.82. The van der Waals surface area contributed by atoms with Gasteiger partial charge in [-0.1, -0.05) is 30.3 Å². The lowest BCUT2D eigenvalue weighted by molar-refractivity contribution is -0.136. The molecule has 2 aliphatic rings. The number of halogens is 3. The third kappa shape index (κ3) is 2.77. The number of hydrogen-bond donors (Lipinski definition) is 0. The summed E-state index contributed by atoms with van der Waals surface area (Å²) in [4.78, 5) is 0. The first kappa shape index (κ1) is 16.2. The Kier molecular flexibility index (Phi) is 4.09. The predicted molar refractivity (Wildman–Crippen MR) is 86.6 cm³/mol. The molecule has 24 heavy (non-hydrogen) atoms. The molecule has 0 fully saturated rings. The summed E-state index contributed by atoms with van der Waals surface area (Å²) in [7, 11) is 2.91. The maximum Gasteiger partial charge on any atom is 0.417 e. The molecule has 0 radical (unpaired) electrons. The SMILES string of the molecule is COc1ccc(-c2cc(C(F)(F)F)c3c(OC)ccccc2-3)cc1. The fraction of sp³-hybridized carbons (Fsp3) is 0.158. The van der Waals surface area contributed by atoms with Crippen LogP contribution in [0.5, 0.6) is 11.5 Å². The van der Waals surface area contributed by atoms with Crippen molar-refractivity contribution in [1.29, 1.82) is 0 Å². The first-order valence-corrected chi connectivity index (χ1v) is 7.27. The molecule has 0 amide bonds. The van der Waals surface area contributed by atoms with Crippen LogP contribution in [0.3, 0.4) is 0 Å². The van der Waals surface area contributed by atoms with E-state index in [4.69, 9.17) is 9.47 Å². The minimum absolute atomic E-state index is 0.0702. The fourth-order valence-corrected chi connectivity index (χ4v) is 2.79. The Morgan fingerprint density at radius 1 is 0.792 bits per heavy atom. The zero-order valence-corrected chi connectivity index (χ0v) is 13.1. The second-order valence-electron chi connectivity index (χ2n) is 5.27. The van der Waals surface area contributed by atoms with Crippen molar-refractivity contribution in [2.24, 2.45) is 0 Å². The highest BCUT2D eigenvalue weighted by Gasteiger charge is 2.38. The minimum atomic E-state index is -4.47. The zero-order valence-electron chi connectivity index (χ0n) is 13.1. The van der Waals surface area contributed by atoms with Crippen LogP contribution in [0.25, 0.3) is 22.3 Å². The van der Waals surface area contributed by atoms with Crippen molar-refractivity contribution in [3.63, 3.8) is 0 Å². The molecule has 0 heterocycles. The van der Waals surface area contributed by atoms with Crippen LogP contribution in [0.4, 0.5) is 13.2 Å². The topological polar surface area (TPSA) is 18.5 Å². The molecule has 0 unspecified atom stereocenters. The van der Waals surface area contributed by atoms with Gasteiger partial charge in [0.1, 0.15) is 11.5 Å². The van der Waals surface area contributed by atoms with Crippen molar-refractivity contribution in [2.45, 2.75) is 6.18 Å². The molecule has 2 nitrogen and oxygen atoms in total. The van der Waals surface area contributed by atoms with Gasteiger partial charge < -0.3 is 9.47 Å². The lowest BCUT2D eigenvalue weighted by Gasteiger charge is -2.10. The zero-order chi connectivity index (χ0) is 17.3. The van der Waals surface area contributed by atoms with Crippen LogP contribution in [0.15, 0.2) is 54.6 Å². The Morgan fingerprint density at radius 3 is 2.04 bits per heavy atom. The highest BCUT2D eigenvalue weighted by molar-refractivity contribution is 5.92. The van der Waals surface area contributed by atoms with E-state index >= 15 is 0 Å². The molecule has 0 saturated heterocycles. The van der Waals surface area contributed by atoms with Crippen LogP contribution < -0.4 is 9.47 Å². The monoisotopic (exact) mass is 332 g/mol. The van der Waals surface area contributed by atoms with E-state index in [1.807, 2.05) is 0 Å². The summed E-state index contributed by atoms with van der Waals surface area (Å²) in [5, 5.41) is 0. The summed E-state index contributed by atoms with van der Waals surface area (Å²) in [6.45, 7) is 0. The van der Waals surface area contributed by atoms with Gasteiger partial charge in [0.2, 0.25) is 0 Å². The van der Waals surface area contributed by atoms with Crippen LogP contribution >= 0.6 is 0 Å². The molecule has 5 heteroatoms. The van der Waals surface area contributed by atoms with Gasteiger partial charge in [-0.3, -0.25) is 0 Å². The standard InChI is InChI=1S/C19H15F3O2/c1-23-13-9-7-12(8-10-13)15-11-16(19(20,21)22)18-14(15)5-3-4-6-17(18)24-2/h3-11H,1-2H3. The molecule has 0 N–H and O–H groups in total. The quantitative estimate of drug-likeness (QED) is 0.631. The normalized spacial score (nSPS) is 11.5. The van der Waals surface area contributed by atoms with Crippen LogP contribution in [0.2, 0.25) is 0 Å². The second kappa shape index (κ2) is 6.07. The van der Waals surface area contributed by atoms with E-state index < -0.39 is 11.7 Å². The summed E-state index contributed by atoms with van der Waals surface area (Å²) in [5.41, 5.74) is 1.06. The van der Waals surface area contributed by atoms with Gasteiger partial charge in [0.05, 0.1) is 19.8 Å². The molecular weight excluding hydrogens is 317 g/mol. The first-order chi connectivity index (χ1) is 11.5. The van der Waals surface area contributed by atoms with Crippen LogP contribution in [0.1, 0.15) is 5.56 Å². The van der Waals surface area contributed by atoms with E-state index in [1.54, 1.807) is 49.6 Å². The van der Waals surface area contributed by atoms with Crippen molar-refractivity contribution >= 4 is 0 Å². The molecule has 0 atom stereocenters. The third-order valence-corrected chi connectivity index (χ3v) is 3.91. The van der Waals surface area contributed by atoms with Gasteiger partial charge in [-0.15, -0.1) is 0 Å². The van der Waals surface area contributed by atoms with E-state index in [0.717, 1.165) is 0 Å². The van der Waals surface area contributed by atoms with Crippen LogP contribution in [0, 0.1) is 0 Å². The van der Waals surface area contributed by atoms with Gasteiger partial charge >= 0.3 is 6.18 Å². The predicted octanol–water partition coefficient (Wildman–Crippen LogP) is 5.49. The summed E-state index contributed by atoms with van der Waals surface area (Å²) in [6.07, 6.45) is -4.47. The summed E-state index contributed by atoms with van der Waals surface area (Å²) in [6, 6.07) is 14.7. The Bertz CT molecular complexity index is 823. The van der Waals surface area contributed by atoms with Gasteiger partial charge in [-0.25, -0.2) is 0 Å². The number of alkyl halides is 3. The average molecular weight is 332 g/mol. The van der Waals surface area contributed by atoms with Crippen LogP contribution in [-0.2, 0) is 6.18 Å². The Morgan fingerprint density at radius 2 is 1.46 bits per heavy atom. The molecule has 0 spiro atoms. The molecule has 124 valence electrons. The smallest absolute Gasteiger partial charge is 0.417 e. The van der Waals surface area contributed by atoms with Gasteiger partial charge in [0, 0.05) is 5.56 Å². The summed E-state index contributed by atoms with van der Waals surface area (Å²) >= 11 is 0. The number of benzene rings is 1. The van der Waals surface area contributed by atoms with Crippen molar-refractivity contribution < 1.29 is 22.6 Å². The van der Waals surface area contributed by atoms with Gasteiger partial charge in [0.15, 0.2) is 0 Å². The Hall–Kier alpha value is -2.69. The number of hydrogen-bond acceptors (Lipinski definition) is 2. The molecule has 1 aromatic carbocycles. The molecular formula is C19H15F3O2. The maximum absolute atomic E-state index is 13.5. The maximum atomic E-state index is 13.5. The first-order valence-electron chi connectivity index (χ1n) is 7.27. The van der Waals surface area contributed by atoms with Gasteiger partial charge in [-0.2, -0.15) is 13.2 Å². The summed E-state index contributed by atoms with van der Waals surface area (Å²) in [5.74, 6) is 0.843. The van der Waals surface area contributed by atoms with Crippen molar-refractivity contribution in [1.82, 2.24) is 0 Å². The van der Waals surface area contributed by atoms with Crippen molar-refractivity contribution in [3.05, 3.63) is 60.2 Å². The Balaban J connectivity index is 2.28. The van der Waals surface area contributed by atoms with Crippen molar-refractivity contribution in [2.75, 3.05) is 14.2 Å². The molecule has 2 aliphatic carbocycles. The lowest BCUT2D eigenvalue weighted by Crippen LogP contribution is -2.04. The van der Waals surface area contributed by atoms with E-state index in [1.165, 1.54) is 19.2 Å². The molecule has 0 aliphatic heterocycles. The molecule has 0 bridgehead atoms. The number of rotatable bonds is 3. The van der Waals surface area contributed by atoms with E-state index in [2.05, 4.69) is 0 Å². The van der Waals surface area contributed by atoms with E-state index in [0.29, 0.717) is 22.4 Å². The number of ether oxygens (including phenoxy) is 2. The van der Waals surface area contributed by atoms with Gasteiger partial charge in [0.25, 0.3) is 0 Å². The molecule has 0 saturated carbocycles. The van der Waals surface area contributed by atoms with E-state index in [9.17, 15) is 13.2 Å². The largest absolute Gasteiger partial charge is 0.497 e. The number of methoxy groups -OCH3 is 2. The highest BCUT2D eigenvalue weighted by Crippen LogP contribution is 2.49. The minimum Gasteiger partial charge on any atom is -0.497 e. The molecule has 3 rings (SSSR count). The third-order valence-electron chi connectivity index (χ3n) is 3.91. The fourth-order valence-electron chi connectivity index (χ4n) is 2.79. The molecule has 1 aromatic rings. The second-order valence-corrected chi connectivity index (χ2v) is 5.27. The van der Waals surface area contributed by atoms with Crippen molar-refractivity contribution in [3.8, 4) is 33.8 Å². The van der Waals surface area contributed by atoms with Gasteiger partial charge in [-0.05, 0) is 41.0 Å². The summed E-state index contributed by atoms with van der Waals surface area (Å²) < 4.78 is 50.9. The molecule has 0 aromatic heterocycles. The lowest BCUT2D eigenvalue weighted by atomic mass is 10.0. The highest BCUT2D eigenvalue weighted by atomic mass is 19.4. The van der Waals surface area contributed by atoms with E-state index in [-0.39, 0.29) is 11.3 Å². The number of fused-ring (bicyclic) bond motifs is 1.